The molecule has 0 radical (unpaired) electrons. The summed E-state index contributed by atoms with van der Waals surface area (Å²) >= 11 is 3.77. The molecule has 2 aliphatic heterocycles. The van der Waals surface area contributed by atoms with Crippen LogP contribution < -0.4 is 11.1 Å². The van der Waals surface area contributed by atoms with Crippen LogP contribution in [-0.2, 0) is 40.0 Å². The van der Waals surface area contributed by atoms with Gasteiger partial charge in [0.05, 0.1) is 18.0 Å². The van der Waals surface area contributed by atoms with Crippen LogP contribution in [0.1, 0.15) is 50.4 Å². The van der Waals surface area contributed by atoms with E-state index < -0.39 is 41.6 Å². The zero-order valence-electron chi connectivity index (χ0n) is 24.2. The van der Waals surface area contributed by atoms with Gasteiger partial charge in [0.15, 0.2) is 11.7 Å². The Hall–Kier alpha value is -4.03. The molecule has 18 heteroatoms. The Labute approximate surface area is 270 Å². The highest BCUT2D eigenvalue weighted by Crippen LogP contribution is 2.41. The van der Waals surface area contributed by atoms with Crippen LogP contribution in [-0.4, -0.2) is 79.7 Å². The van der Waals surface area contributed by atoms with Gasteiger partial charge in [0, 0.05) is 23.4 Å². The van der Waals surface area contributed by atoms with Crippen molar-refractivity contribution in [3.8, 4) is 0 Å². The van der Waals surface area contributed by atoms with E-state index in [2.05, 4.69) is 25.0 Å². The molecule has 1 saturated heterocycles. The number of hydrogen-bond donors (Lipinski definition) is 2. The molecule has 3 unspecified atom stereocenters. The van der Waals surface area contributed by atoms with E-state index in [1.807, 2.05) is 0 Å². The molecule has 15 nitrogen and oxygen atoms in total. The lowest BCUT2D eigenvalue weighted by Crippen LogP contribution is -2.70. The molecule has 2 amide bonds. The minimum atomic E-state index is -1.28. The normalized spacial score (nSPS) is 20.9. The van der Waals surface area contributed by atoms with Gasteiger partial charge in [-0.15, -0.1) is 28.2 Å². The molecule has 0 bridgehead atoms. The van der Waals surface area contributed by atoms with Gasteiger partial charge < -0.3 is 30.1 Å². The number of oxime groups is 1. The van der Waals surface area contributed by atoms with Crippen LogP contribution in [0, 0.1) is 5.92 Å². The molecule has 3 aliphatic rings. The van der Waals surface area contributed by atoms with E-state index >= 15 is 0 Å². The SMILES string of the molecule is CC(OC(=O)OCC1CCCCC1)OC(=O)C1=C(/C=C\c2csnn2)CSC2C(NC(=O)/C=N\OCc3csc(N)n3)C(=O)N12. The molecular formula is C27H31N7O8S3. The lowest BCUT2D eigenvalue weighted by molar-refractivity contribution is -0.169. The molecule has 3 N–H and O–H groups in total. The fourth-order valence-electron chi connectivity index (χ4n) is 4.90. The van der Waals surface area contributed by atoms with Crippen molar-refractivity contribution in [3.63, 3.8) is 0 Å². The maximum atomic E-state index is 13.4. The van der Waals surface area contributed by atoms with Crippen molar-refractivity contribution in [3.05, 3.63) is 39.5 Å². The van der Waals surface area contributed by atoms with Gasteiger partial charge in [-0.2, -0.15) is 0 Å². The second kappa shape index (κ2) is 15.3. The third-order valence-electron chi connectivity index (χ3n) is 7.04. The van der Waals surface area contributed by atoms with E-state index in [-0.39, 0.29) is 18.9 Å². The summed E-state index contributed by atoms with van der Waals surface area (Å²) in [5.74, 6) is -1.45. The first kappa shape index (κ1) is 32.4. The average Bonchev–Trinajstić information content (AvgIpc) is 3.71. The van der Waals surface area contributed by atoms with Crippen LogP contribution >= 0.6 is 34.6 Å². The second-order valence-corrected chi connectivity index (χ2v) is 12.9. The summed E-state index contributed by atoms with van der Waals surface area (Å²) in [6.45, 7) is 1.66. The molecule has 1 aliphatic carbocycles. The summed E-state index contributed by atoms with van der Waals surface area (Å²) in [6.07, 6.45) is 7.38. The smallest absolute Gasteiger partial charge is 0.434 e. The van der Waals surface area contributed by atoms with Gasteiger partial charge in [0.1, 0.15) is 23.3 Å². The maximum Gasteiger partial charge on any atom is 0.511 e. The number of carbonyl (C=O) groups excluding carboxylic acids is 4. The van der Waals surface area contributed by atoms with E-state index in [9.17, 15) is 19.2 Å². The summed E-state index contributed by atoms with van der Waals surface area (Å²) in [6, 6.07) is -0.924. The number of nitrogens with two attached hydrogens (primary N) is 1. The Morgan fingerprint density at radius 2 is 2.02 bits per heavy atom. The number of nitrogens with zero attached hydrogens (tertiary/aromatic N) is 5. The van der Waals surface area contributed by atoms with Crippen molar-refractivity contribution in [2.24, 2.45) is 11.1 Å². The van der Waals surface area contributed by atoms with Crippen molar-refractivity contribution in [1.29, 1.82) is 0 Å². The van der Waals surface area contributed by atoms with E-state index in [0.29, 0.717) is 33.8 Å². The summed E-state index contributed by atoms with van der Waals surface area (Å²) < 4.78 is 19.6. The van der Waals surface area contributed by atoms with Gasteiger partial charge in [-0.05, 0) is 41.9 Å². The summed E-state index contributed by atoms with van der Waals surface area (Å²) in [5, 5.41) is 13.4. The zero-order chi connectivity index (χ0) is 31.8. The van der Waals surface area contributed by atoms with Crippen molar-refractivity contribution >= 4 is 76.0 Å². The fourth-order valence-corrected chi connectivity index (χ4v) is 7.19. The van der Waals surface area contributed by atoms with E-state index in [0.717, 1.165) is 31.9 Å². The Balaban J connectivity index is 1.20. The molecule has 45 heavy (non-hydrogen) atoms. The number of nitrogen functional groups attached to an aromatic ring is 1. The number of fused-ring (bicyclic) bond motifs is 1. The van der Waals surface area contributed by atoms with Crippen LogP contribution in [0.5, 0.6) is 0 Å². The van der Waals surface area contributed by atoms with Crippen LogP contribution in [0.15, 0.2) is 33.3 Å². The van der Waals surface area contributed by atoms with Crippen molar-refractivity contribution in [2.45, 2.75) is 63.3 Å². The number of rotatable bonds is 12. The quantitative estimate of drug-likeness (QED) is 0.109. The predicted molar refractivity (Wildman–Crippen MR) is 165 cm³/mol. The third-order valence-corrected chi connectivity index (χ3v) is 9.59. The molecule has 0 aromatic carbocycles. The first-order valence-electron chi connectivity index (χ1n) is 14.1. The number of allylic oxidation sites excluding steroid dienone is 1. The highest BCUT2D eigenvalue weighted by Gasteiger charge is 2.54. The number of aromatic nitrogens is 3. The van der Waals surface area contributed by atoms with E-state index in [4.69, 9.17) is 24.8 Å². The number of β-lactam (4-membered cyclic amide) rings is 1. The van der Waals surface area contributed by atoms with Crippen LogP contribution in [0.25, 0.3) is 6.08 Å². The standard InChI is InChI=1S/C27H31N7O8S3/c1-15(42-27(38)39-10-16-5-3-2-4-6-16)41-25(37)22-17(7-8-18-14-45-33-32-18)12-43-24-21(23(36)34(22)24)31-20(35)9-29-40-11-19-13-44-26(28)30-19/h7-9,13-16,21,24H,2-6,10-12H2,1H3,(H2,28,30)(H,31,35)/b8-7-,29-9-. The zero-order valence-corrected chi connectivity index (χ0v) is 26.6. The number of ether oxygens (including phenoxy) is 3. The van der Waals surface area contributed by atoms with Crippen molar-refractivity contribution < 1.29 is 38.2 Å². The predicted octanol–water partition coefficient (Wildman–Crippen LogP) is 3.07. The third kappa shape index (κ3) is 8.58. The number of nitrogens with one attached hydrogen (secondary N) is 1. The number of carbonyl (C=O) groups is 4. The Kier molecular flexibility index (Phi) is 11.0. The summed E-state index contributed by atoms with van der Waals surface area (Å²) in [4.78, 5) is 61.7. The number of amides is 2. The molecule has 240 valence electrons. The lowest BCUT2D eigenvalue weighted by atomic mass is 9.90. The Bertz CT molecular complexity index is 1470. The topological polar surface area (TPSA) is 198 Å². The van der Waals surface area contributed by atoms with Gasteiger partial charge in [0.2, 0.25) is 6.29 Å². The lowest BCUT2D eigenvalue weighted by Gasteiger charge is -2.49. The average molecular weight is 678 g/mol. The largest absolute Gasteiger partial charge is 0.511 e. The van der Waals surface area contributed by atoms with Gasteiger partial charge >= 0.3 is 12.1 Å². The molecule has 2 fully saturated rings. The van der Waals surface area contributed by atoms with Crippen molar-refractivity contribution in [1.82, 2.24) is 24.8 Å². The van der Waals surface area contributed by atoms with Crippen LogP contribution in [0.3, 0.4) is 0 Å². The van der Waals surface area contributed by atoms with Crippen molar-refractivity contribution in [2.75, 3.05) is 18.1 Å². The second-order valence-electron chi connectivity index (χ2n) is 10.3. The molecule has 4 heterocycles. The first-order valence-corrected chi connectivity index (χ1v) is 16.9. The Morgan fingerprint density at radius 1 is 1.20 bits per heavy atom. The highest BCUT2D eigenvalue weighted by atomic mass is 32.2. The van der Waals surface area contributed by atoms with Crippen LogP contribution in [0.4, 0.5) is 9.93 Å². The Morgan fingerprint density at radius 3 is 2.76 bits per heavy atom. The van der Waals surface area contributed by atoms with E-state index in [1.165, 1.54) is 52.9 Å². The van der Waals surface area contributed by atoms with Gasteiger partial charge in [0.25, 0.3) is 11.8 Å². The minimum Gasteiger partial charge on any atom is -0.434 e. The van der Waals surface area contributed by atoms with Gasteiger partial charge in [-0.3, -0.25) is 14.5 Å². The molecule has 0 spiro atoms. The fraction of sp³-hybridized carbons (Fsp3) is 0.481. The highest BCUT2D eigenvalue weighted by molar-refractivity contribution is 8.00. The number of esters is 1. The minimum absolute atomic E-state index is 0.0238. The molecule has 2 aromatic heterocycles. The number of thioether (sulfide) groups is 1. The summed E-state index contributed by atoms with van der Waals surface area (Å²) in [7, 11) is 0. The maximum absolute atomic E-state index is 13.4. The van der Waals surface area contributed by atoms with E-state index in [1.54, 1.807) is 22.9 Å². The molecule has 2 aromatic rings. The summed E-state index contributed by atoms with van der Waals surface area (Å²) in [5.41, 5.74) is 7.17. The molecule has 1 saturated carbocycles. The first-order chi connectivity index (χ1) is 21.8. The molecule has 3 atom stereocenters. The molecular weight excluding hydrogens is 647 g/mol. The van der Waals surface area contributed by atoms with Gasteiger partial charge in [-0.25, -0.2) is 14.6 Å². The number of thiazole rings is 1. The van der Waals surface area contributed by atoms with Gasteiger partial charge in [-0.1, -0.05) is 35.0 Å². The molecule has 5 rings (SSSR count). The number of anilines is 1. The number of hydrogen-bond acceptors (Lipinski definition) is 16. The monoisotopic (exact) mass is 677 g/mol. The van der Waals surface area contributed by atoms with Crippen LogP contribution in [0.2, 0.25) is 0 Å².